The van der Waals surface area contributed by atoms with Crippen LogP contribution in [0.15, 0.2) is 0 Å². The number of hydrogen-bond acceptors (Lipinski definition) is 5. The second-order valence-corrected chi connectivity index (χ2v) is 7.87. The molecule has 0 unspecified atom stereocenters. The molecule has 7 heteroatoms. The van der Waals surface area contributed by atoms with Gasteiger partial charge in [0, 0.05) is 13.1 Å². The van der Waals surface area contributed by atoms with E-state index in [9.17, 15) is 14.4 Å². The van der Waals surface area contributed by atoms with E-state index in [1.807, 2.05) is 0 Å². The van der Waals surface area contributed by atoms with Crippen LogP contribution in [0.3, 0.4) is 0 Å². The number of carbonyl (C=O) groups is 3. The van der Waals surface area contributed by atoms with Crippen LogP contribution in [0.2, 0.25) is 0 Å². The van der Waals surface area contributed by atoms with Crippen molar-refractivity contribution in [2.24, 2.45) is 0 Å². The predicted octanol–water partition coefficient (Wildman–Crippen LogP) is 2.48. The number of aldehydes is 1. The molecular weight excluding hydrogens is 300 g/mol. The van der Waals surface area contributed by atoms with Crippen LogP contribution in [0.25, 0.3) is 0 Å². The molecule has 23 heavy (non-hydrogen) atoms. The van der Waals surface area contributed by atoms with E-state index in [2.05, 4.69) is 5.32 Å². The van der Waals surface area contributed by atoms with Crippen LogP contribution in [0.1, 0.15) is 54.4 Å². The van der Waals surface area contributed by atoms with Gasteiger partial charge in [-0.15, -0.1) is 0 Å². The van der Waals surface area contributed by atoms with Gasteiger partial charge in [-0.3, -0.25) is 0 Å². The molecule has 0 aromatic heterocycles. The Morgan fingerprint density at radius 3 is 1.87 bits per heavy atom. The van der Waals surface area contributed by atoms with Crippen LogP contribution >= 0.6 is 0 Å². The minimum Gasteiger partial charge on any atom is -0.444 e. The van der Waals surface area contributed by atoms with E-state index in [4.69, 9.17) is 9.47 Å². The molecular formula is C16H28N2O5. The number of nitrogens with one attached hydrogen (secondary N) is 1. The first-order valence-corrected chi connectivity index (χ1v) is 7.81. The maximum absolute atomic E-state index is 12.0. The van der Waals surface area contributed by atoms with Gasteiger partial charge < -0.3 is 24.5 Å². The van der Waals surface area contributed by atoms with Gasteiger partial charge in [-0.25, -0.2) is 9.59 Å². The number of ether oxygens (including phenoxy) is 2. The zero-order valence-corrected chi connectivity index (χ0v) is 14.9. The normalized spacial score (nSPS) is 18.1. The summed E-state index contributed by atoms with van der Waals surface area (Å²) in [5.74, 6) is 0. The number of alkyl carbamates (subject to hydrolysis) is 1. The van der Waals surface area contributed by atoms with Crippen molar-refractivity contribution in [1.29, 1.82) is 0 Å². The van der Waals surface area contributed by atoms with Crippen molar-refractivity contribution in [1.82, 2.24) is 10.2 Å². The molecule has 0 bridgehead atoms. The third-order valence-corrected chi connectivity index (χ3v) is 3.28. The highest BCUT2D eigenvalue weighted by Gasteiger charge is 2.39. The van der Waals surface area contributed by atoms with Gasteiger partial charge in [-0.05, 0) is 54.4 Å². The summed E-state index contributed by atoms with van der Waals surface area (Å²) in [4.78, 5) is 37.0. The monoisotopic (exact) mass is 328 g/mol. The number of hydrogen-bond donors (Lipinski definition) is 1. The lowest BCUT2D eigenvalue weighted by atomic mass is 9.89. The average Bonchev–Trinajstić information content (AvgIpc) is 2.35. The largest absolute Gasteiger partial charge is 0.444 e. The summed E-state index contributed by atoms with van der Waals surface area (Å²) < 4.78 is 10.5. The Morgan fingerprint density at radius 2 is 1.48 bits per heavy atom. The minimum atomic E-state index is -0.999. The van der Waals surface area contributed by atoms with E-state index in [0.29, 0.717) is 25.9 Å². The number of nitrogens with zero attached hydrogens (tertiary/aromatic N) is 1. The Balaban J connectivity index is 2.61. The fourth-order valence-electron chi connectivity index (χ4n) is 2.19. The van der Waals surface area contributed by atoms with Gasteiger partial charge in [0.25, 0.3) is 0 Å². The van der Waals surface area contributed by atoms with Crippen LogP contribution in [0.4, 0.5) is 9.59 Å². The predicted molar refractivity (Wildman–Crippen MR) is 85.2 cm³/mol. The summed E-state index contributed by atoms with van der Waals surface area (Å²) in [6.07, 6.45) is 0.345. The molecule has 132 valence electrons. The van der Waals surface area contributed by atoms with Crippen molar-refractivity contribution < 1.29 is 23.9 Å². The second kappa shape index (κ2) is 6.76. The highest BCUT2D eigenvalue weighted by Crippen LogP contribution is 2.23. The molecule has 0 spiro atoms. The molecule has 1 aliphatic heterocycles. The first-order valence-electron chi connectivity index (χ1n) is 7.81. The Morgan fingerprint density at radius 1 is 1.00 bits per heavy atom. The molecule has 1 saturated heterocycles. The quantitative estimate of drug-likeness (QED) is 0.787. The van der Waals surface area contributed by atoms with Gasteiger partial charge in [0.05, 0.1) is 0 Å². The molecule has 0 aromatic carbocycles. The Bertz CT molecular complexity index is 454. The summed E-state index contributed by atoms with van der Waals surface area (Å²) >= 11 is 0. The van der Waals surface area contributed by atoms with E-state index < -0.39 is 28.9 Å². The lowest BCUT2D eigenvalue weighted by Gasteiger charge is -2.39. The SMILES string of the molecule is CC(C)(C)OC(=O)NC1(C=O)CCN(C(=O)OC(C)(C)C)CC1. The van der Waals surface area contributed by atoms with Gasteiger partial charge in [0.2, 0.25) is 0 Å². The Labute approximate surface area is 137 Å². The summed E-state index contributed by atoms with van der Waals surface area (Å²) in [5, 5.41) is 2.64. The fraction of sp³-hybridized carbons (Fsp3) is 0.812. The molecule has 0 atom stereocenters. The average molecular weight is 328 g/mol. The summed E-state index contributed by atoms with van der Waals surface area (Å²) in [7, 11) is 0. The van der Waals surface area contributed by atoms with Crippen molar-refractivity contribution >= 4 is 18.5 Å². The van der Waals surface area contributed by atoms with E-state index in [1.165, 1.54) is 0 Å². The van der Waals surface area contributed by atoms with Gasteiger partial charge in [0.1, 0.15) is 23.0 Å². The van der Waals surface area contributed by atoms with Gasteiger partial charge in [-0.1, -0.05) is 0 Å². The Hall–Kier alpha value is -1.79. The number of amides is 2. The van der Waals surface area contributed by atoms with Crippen LogP contribution in [0, 0.1) is 0 Å². The van der Waals surface area contributed by atoms with Crippen molar-refractivity contribution in [2.75, 3.05) is 13.1 Å². The fourth-order valence-corrected chi connectivity index (χ4v) is 2.19. The van der Waals surface area contributed by atoms with E-state index in [0.717, 1.165) is 6.29 Å². The highest BCUT2D eigenvalue weighted by molar-refractivity contribution is 5.77. The molecule has 0 saturated carbocycles. The molecule has 0 aliphatic carbocycles. The maximum Gasteiger partial charge on any atom is 0.410 e. The van der Waals surface area contributed by atoms with Crippen molar-refractivity contribution in [3.8, 4) is 0 Å². The van der Waals surface area contributed by atoms with Crippen LogP contribution in [0.5, 0.6) is 0 Å². The van der Waals surface area contributed by atoms with Gasteiger partial charge in [-0.2, -0.15) is 0 Å². The second-order valence-electron chi connectivity index (χ2n) is 7.87. The lowest BCUT2D eigenvalue weighted by Crippen LogP contribution is -2.58. The third-order valence-electron chi connectivity index (χ3n) is 3.28. The highest BCUT2D eigenvalue weighted by atomic mass is 16.6. The maximum atomic E-state index is 12.0. The standard InChI is InChI=1S/C16H28N2O5/c1-14(2,3)22-12(20)17-16(11-19)7-9-18(10-8-16)13(21)23-15(4,5)6/h11H,7-10H2,1-6H3,(H,17,20). The lowest BCUT2D eigenvalue weighted by molar-refractivity contribution is -0.115. The van der Waals surface area contributed by atoms with Crippen molar-refractivity contribution in [3.63, 3.8) is 0 Å². The van der Waals surface area contributed by atoms with Crippen LogP contribution < -0.4 is 5.32 Å². The first-order chi connectivity index (χ1) is 10.4. The molecule has 1 aliphatic rings. The van der Waals surface area contributed by atoms with Crippen molar-refractivity contribution in [2.45, 2.75) is 71.1 Å². The number of likely N-dealkylation sites (tertiary alicyclic amines) is 1. The van der Waals surface area contributed by atoms with Crippen molar-refractivity contribution in [3.05, 3.63) is 0 Å². The van der Waals surface area contributed by atoms with Gasteiger partial charge >= 0.3 is 12.2 Å². The minimum absolute atomic E-state index is 0.328. The van der Waals surface area contributed by atoms with Gasteiger partial charge in [0.15, 0.2) is 0 Å². The van der Waals surface area contributed by atoms with E-state index >= 15 is 0 Å². The molecule has 7 nitrogen and oxygen atoms in total. The zero-order chi connectivity index (χ0) is 17.9. The molecule has 2 amide bonds. The third kappa shape index (κ3) is 6.46. The van der Waals surface area contributed by atoms with Crippen LogP contribution in [-0.2, 0) is 14.3 Å². The topological polar surface area (TPSA) is 84.9 Å². The molecule has 0 radical (unpaired) electrons. The smallest absolute Gasteiger partial charge is 0.410 e. The number of carbonyl (C=O) groups excluding carboxylic acids is 3. The first kappa shape index (κ1) is 19.3. The molecule has 1 fully saturated rings. The number of rotatable bonds is 2. The summed E-state index contributed by atoms with van der Waals surface area (Å²) in [6, 6.07) is 0. The Kier molecular flexibility index (Phi) is 5.66. The molecule has 0 aromatic rings. The van der Waals surface area contributed by atoms with Crippen LogP contribution in [-0.4, -0.2) is 53.2 Å². The van der Waals surface area contributed by atoms with E-state index in [-0.39, 0.29) is 0 Å². The summed E-state index contributed by atoms with van der Waals surface area (Å²) in [5.41, 5.74) is -2.20. The number of piperidine rings is 1. The molecule has 1 N–H and O–H groups in total. The molecule has 1 heterocycles. The summed E-state index contributed by atoms with van der Waals surface area (Å²) in [6.45, 7) is 11.3. The zero-order valence-electron chi connectivity index (χ0n) is 14.9. The van der Waals surface area contributed by atoms with E-state index in [1.54, 1.807) is 46.4 Å². The molecule has 1 rings (SSSR count).